The van der Waals surface area contributed by atoms with Gasteiger partial charge in [-0.15, -0.1) is 0 Å². The summed E-state index contributed by atoms with van der Waals surface area (Å²) < 4.78 is 2.76. The summed E-state index contributed by atoms with van der Waals surface area (Å²) in [6.45, 7) is 0.260. The van der Waals surface area contributed by atoms with Crippen LogP contribution in [0.3, 0.4) is 0 Å². The van der Waals surface area contributed by atoms with Gasteiger partial charge in [-0.3, -0.25) is 4.79 Å². The number of carbonyl (C=O) groups is 1. The third-order valence-electron chi connectivity index (χ3n) is 3.22. The van der Waals surface area contributed by atoms with E-state index in [1.807, 2.05) is 22.8 Å². The molecule has 19 heavy (non-hydrogen) atoms. The summed E-state index contributed by atoms with van der Waals surface area (Å²) in [7, 11) is 0. The van der Waals surface area contributed by atoms with Gasteiger partial charge in [0, 0.05) is 27.6 Å². The van der Waals surface area contributed by atoms with Gasteiger partial charge in [-0.05, 0) is 31.0 Å². The van der Waals surface area contributed by atoms with Crippen molar-refractivity contribution in [1.82, 2.24) is 9.88 Å². The SMILES string of the molecule is N#Cc1cn(CC(=O)NC2CC2)c2ccc(Br)cc12. The highest BCUT2D eigenvalue weighted by molar-refractivity contribution is 9.10. The maximum atomic E-state index is 11.8. The van der Waals surface area contributed by atoms with Gasteiger partial charge in [0.2, 0.25) is 5.91 Å². The Balaban J connectivity index is 1.94. The van der Waals surface area contributed by atoms with E-state index in [-0.39, 0.29) is 12.5 Å². The van der Waals surface area contributed by atoms with E-state index in [1.54, 1.807) is 6.20 Å². The van der Waals surface area contributed by atoms with Crippen molar-refractivity contribution in [1.29, 1.82) is 5.26 Å². The second-order valence-electron chi connectivity index (χ2n) is 4.79. The minimum Gasteiger partial charge on any atom is -0.352 e. The molecule has 0 radical (unpaired) electrons. The zero-order chi connectivity index (χ0) is 13.4. The van der Waals surface area contributed by atoms with E-state index < -0.39 is 0 Å². The number of hydrogen-bond donors (Lipinski definition) is 1. The first kappa shape index (κ1) is 12.2. The standard InChI is InChI=1S/C14H12BrN3O/c15-10-1-4-13-12(5-10)9(6-16)7-18(13)8-14(19)17-11-2-3-11/h1,4-5,7,11H,2-3,8H2,(H,17,19). The van der Waals surface area contributed by atoms with E-state index >= 15 is 0 Å². The Morgan fingerprint density at radius 2 is 2.32 bits per heavy atom. The Labute approximate surface area is 119 Å². The summed E-state index contributed by atoms with van der Waals surface area (Å²) >= 11 is 3.40. The number of amides is 1. The van der Waals surface area contributed by atoms with Crippen molar-refractivity contribution < 1.29 is 4.79 Å². The van der Waals surface area contributed by atoms with Crippen molar-refractivity contribution in [2.45, 2.75) is 25.4 Å². The molecule has 2 aromatic rings. The van der Waals surface area contributed by atoms with Gasteiger partial charge in [-0.25, -0.2) is 0 Å². The lowest BCUT2D eigenvalue weighted by atomic mass is 10.2. The average Bonchev–Trinajstić information content (AvgIpc) is 3.12. The summed E-state index contributed by atoms with van der Waals surface area (Å²) in [4.78, 5) is 11.8. The lowest BCUT2D eigenvalue weighted by Gasteiger charge is -2.06. The number of nitrogens with zero attached hydrogens (tertiary/aromatic N) is 2. The van der Waals surface area contributed by atoms with Crippen molar-refractivity contribution in [3.63, 3.8) is 0 Å². The lowest BCUT2D eigenvalue weighted by Crippen LogP contribution is -2.29. The smallest absolute Gasteiger partial charge is 0.240 e. The molecule has 4 nitrogen and oxygen atoms in total. The number of rotatable bonds is 3. The molecular weight excluding hydrogens is 306 g/mol. The van der Waals surface area contributed by atoms with Crippen molar-refractivity contribution in [2.75, 3.05) is 0 Å². The fourth-order valence-corrected chi connectivity index (χ4v) is 2.51. The summed E-state index contributed by atoms with van der Waals surface area (Å²) in [6.07, 6.45) is 3.90. The van der Waals surface area contributed by atoms with Gasteiger partial charge in [-0.1, -0.05) is 15.9 Å². The third kappa shape index (κ3) is 2.49. The van der Waals surface area contributed by atoms with Crippen LogP contribution in [0.15, 0.2) is 28.9 Å². The molecule has 96 valence electrons. The molecule has 3 rings (SSSR count). The fraction of sp³-hybridized carbons (Fsp3) is 0.286. The second kappa shape index (κ2) is 4.71. The highest BCUT2D eigenvalue weighted by Crippen LogP contribution is 2.25. The highest BCUT2D eigenvalue weighted by Gasteiger charge is 2.23. The number of nitriles is 1. The van der Waals surface area contributed by atoms with Gasteiger partial charge in [0.1, 0.15) is 12.6 Å². The predicted molar refractivity (Wildman–Crippen MR) is 75.5 cm³/mol. The molecule has 0 bridgehead atoms. The van der Waals surface area contributed by atoms with E-state index in [0.29, 0.717) is 11.6 Å². The fourth-order valence-electron chi connectivity index (χ4n) is 2.14. The van der Waals surface area contributed by atoms with Crippen LogP contribution in [0.4, 0.5) is 0 Å². The molecule has 1 N–H and O–H groups in total. The van der Waals surface area contributed by atoms with Crippen LogP contribution in [0.2, 0.25) is 0 Å². The maximum absolute atomic E-state index is 11.8. The molecular formula is C14H12BrN3O. The summed E-state index contributed by atoms with van der Waals surface area (Å²) in [5.41, 5.74) is 1.50. The van der Waals surface area contributed by atoms with Crippen LogP contribution >= 0.6 is 15.9 Å². The van der Waals surface area contributed by atoms with Crippen molar-refractivity contribution in [2.24, 2.45) is 0 Å². The minimum atomic E-state index is 0.00630. The molecule has 0 aliphatic heterocycles. The highest BCUT2D eigenvalue weighted by atomic mass is 79.9. The molecule has 1 aromatic heterocycles. The summed E-state index contributed by atoms with van der Waals surface area (Å²) in [6, 6.07) is 8.27. The first-order chi connectivity index (χ1) is 9.17. The van der Waals surface area contributed by atoms with Crippen LogP contribution in [0.25, 0.3) is 10.9 Å². The topological polar surface area (TPSA) is 57.8 Å². The molecule has 5 heteroatoms. The van der Waals surface area contributed by atoms with Gasteiger partial charge in [0.05, 0.1) is 5.56 Å². The summed E-state index contributed by atoms with van der Waals surface area (Å²) in [5, 5.41) is 13.0. The van der Waals surface area contributed by atoms with Crippen molar-refractivity contribution >= 4 is 32.7 Å². The Hall–Kier alpha value is -1.80. The molecule has 1 aliphatic carbocycles. The number of nitrogens with one attached hydrogen (secondary N) is 1. The lowest BCUT2D eigenvalue weighted by molar-refractivity contribution is -0.121. The second-order valence-corrected chi connectivity index (χ2v) is 5.70. The van der Waals surface area contributed by atoms with Gasteiger partial charge in [0.15, 0.2) is 0 Å². The van der Waals surface area contributed by atoms with Crippen LogP contribution in [0.1, 0.15) is 18.4 Å². The molecule has 0 atom stereocenters. The molecule has 0 saturated heterocycles. The van der Waals surface area contributed by atoms with Gasteiger partial charge < -0.3 is 9.88 Å². The molecule has 1 saturated carbocycles. The van der Waals surface area contributed by atoms with Crippen molar-refractivity contribution in [3.8, 4) is 6.07 Å². The number of benzene rings is 1. The maximum Gasteiger partial charge on any atom is 0.240 e. The third-order valence-corrected chi connectivity index (χ3v) is 3.71. The Morgan fingerprint density at radius 1 is 1.53 bits per heavy atom. The van der Waals surface area contributed by atoms with Crippen LogP contribution < -0.4 is 5.32 Å². The Morgan fingerprint density at radius 3 is 3.00 bits per heavy atom. The number of aromatic nitrogens is 1. The van der Waals surface area contributed by atoms with E-state index in [9.17, 15) is 4.79 Å². The van der Waals surface area contributed by atoms with E-state index in [0.717, 1.165) is 28.2 Å². The molecule has 1 aliphatic rings. The molecule has 1 amide bonds. The zero-order valence-corrected chi connectivity index (χ0v) is 11.8. The van der Waals surface area contributed by atoms with Gasteiger partial charge in [-0.2, -0.15) is 5.26 Å². The quantitative estimate of drug-likeness (QED) is 0.945. The van der Waals surface area contributed by atoms with Gasteiger partial charge >= 0.3 is 0 Å². The molecule has 0 unspecified atom stereocenters. The normalized spacial score (nSPS) is 14.3. The molecule has 0 spiro atoms. The number of fused-ring (bicyclic) bond motifs is 1. The first-order valence-electron chi connectivity index (χ1n) is 6.15. The largest absolute Gasteiger partial charge is 0.352 e. The van der Waals surface area contributed by atoms with Crippen LogP contribution in [0.5, 0.6) is 0 Å². The van der Waals surface area contributed by atoms with E-state index in [1.165, 1.54) is 0 Å². The number of carbonyl (C=O) groups excluding carboxylic acids is 1. The first-order valence-corrected chi connectivity index (χ1v) is 6.94. The molecule has 1 fully saturated rings. The van der Waals surface area contributed by atoms with Crippen molar-refractivity contribution in [3.05, 3.63) is 34.4 Å². The Bertz CT molecular complexity index is 695. The average molecular weight is 318 g/mol. The predicted octanol–water partition coefficient (Wildman–Crippen LogP) is 2.55. The number of hydrogen-bond acceptors (Lipinski definition) is 2. The van der Waals surface area contributed by atoms with Crippen LogP contribution in [-0.2, 0) is 11.3 Å². The van der Waals surface area contributed by atoms with E-state index in [2.05, 4.69) is 27.3 Å². The van der Waals surface area contributed by atoms with Crippen LogP contribution in [0, 0.1) is 11.3 Å². The number of halogens is 1. The van der Waals surface area contributed by atoms with Crippen LogP contribution in [-0.4, -0.2) is 16.5 Å². The minimum absolute atomic E-state index is 0.00630. The Kier molecular flexibility index (Phi) is 3.03. The molecule has 1 aromatic carbocycles. The van der Waals surface area contributed by atoms with Gasteiger partial charge in [0.25, 0.3) is 0 Å². The zero-order valence-electron chi connectivity index (χ0n) is 10.2. The summed E-state index contributed by atoms with van der Waals surface area (Å²) in [5.74, 6) is 0.00630. The molecule has 1 heterocycles. The monoisotopic (exact) mass is 317 g/mol. The van der Waals surface area contributed by atoms with E-state index in [4.69, 9.17) is 5.26 Å².